The summed E-state index contributed by atoms with van der Waals surface area (Å²) in [5, 5.41) is 8.86. The van der Waals surface area contributed by atoms with Gasteiger partial charge in [0.05, 0.1) is 18.6 Å². The Labute approximate surface area is 91.2 Å². The van der Waals surface area contributed by atoms with Crippen LogP contribution < -0.4 is 0 Å². The van der Waals surface area contributed by atoms with E-state index in [4.69, 9.17) is 9.84 Å². The minimum absolute atomic E-state index is 0.0130. The van der Waals surface area contributed by atoms with Gasteiger partial charge in [-0.2, -0.15) is 0 Å². The molecule has 1 rings (SSSR count). The second-order valence-corrected chi connectivity index (χ2v) is 3.97. The van der Waals surface area contributed by atoms with Crippen molar-refractivity contribution in [1.82, 2.24) is 4.90 Å². The number of aliphatic hydroxyl groups excluding tert-OH is 1. The van der Waals surface area contributed by atoms with Crippen molar-refractivity contribution in [2.45, 2.75) is 32.8 Å². The molecule has 1 amide bonds. The molecule has 15 heavy (non-hydrogen) atoms. The maximum absolute atomic E-state index is 12.1. The second kappa shape index (κ2) is 6.08. The summed E-state index contributed by atoms with van der Waals surface area (Å²) in [5.74, 6) is 0.101. The van der Waals surface area contributed by atoms with Crippen molar-refractivity contribution < 1.29 is 14.6 Å². The van der Waals surface area contributed by atoms with Crippen LogP contribution in [0.2, 0.25) is 0 Å². The topological polar surface area (TPSA) is 49.8 Å². The number of carbonyl (C=O) groups is 1. The zero-order valence-corrected chi connectivity index (χ0v) is 9.61. The van der Waals surface area contributed by atoms with Gasteiger partial charge in [-0.05, 0) is 26.7 Å². The monoisotopic (exact) mass is 215 g/mol. The van der Waals surface area contributed by atoms with E-state index in [1.165, 1.54) is 0 Å². The molecule has 88 valence electrons. The summed E-state index contributed by atoms with van der Waals surface area (Å²) >= 11 is 0. The van der Waals surface area contributed by atoms with Crippen LogP contribution in [-0.2, 0) is 9.53 Å². The van der Waals surface area contributed by atoms with Crippen LogP contribution in [0.4, 0.5) is 0 Å². The van der Waals surface area contributed by atoms with Crippen LogP contribution in [0.15, 0.2) is 0 Å². The lowest BCUT2D eigenvalue weighted by molar-refractivity contribution is -0.144. The molecule has 0 radical (unpaired) electrons. The highest BCUT2D eigenvalue weighted by Gasteiger charge is 2.31. The van der Waals surface area contributed by atoms with Gasteiger partial charge in [0, 0.05) is 19.7 Å². The zero-order valence-electron chi connectivity index (χ0n) is 9.61. The molecule has 0 aliphatic carbocycles. The molecule has 1 fully saturated rings. The first kappa shape index (κ1) is 12.5. The summed E-state index contributed by atoms with van der Waals surface area (Å²) in [6, 6.07) is 0. The minimum atomic E-state index is -0.0229. The first-order chi connectivity index (χ1) is 7.20. The van der Waals surface area contributed by atoms with E-state index in [2.05, 4.69) is 0 Å². The summed E-state index contributed by atoms with van der Waals surface area (Å²) in [6.07, 6.45) is 1.87. The van der Waals surface area contributed by atoms with Gasteiger partial charge in [-0.1, -0.05) is 0 Å². The summed E-state index contributed by atoms with van der Waals surface area (Å²) in [4.78, 5) is 13.8. The zero-order chi connectivity index (χ0) is 11.3. The molecule has 0 saturated carbocycles. The lowest BCUT2D eigenvalue weighted by Crippen LogP contribution is -2.43. The molecule has 4 nitrogen and oxygen atoms in total. The Balaban J connectivity index is 2.55. The average molecular weight is 215 g/mol. The van der Waals surface area contributed by atoms with Gasteiger partial charge in [0.2, 0.25) is 5.91 Å². The standard InChI is InChI=1S/C11H21NO3/c1-3-12(6-7-13)11(14)10-5-4-8-15-9(10)2/h9-10,13H,3-8H2,1-2H3/t9-,10-/m1/s1. The number of likely N-dealkylation sites (N-methyl/N-ethyl adjacent to an activating group) is 1. The average Bonchev–Trinajstić information content (AvgIpc) is 2.25. The predicted octanol–water partition coefficient (Wildman–Crippen LogP) is 0.642. The quantitative estimate of drug-likeness (QED) is 0.749. The Hall–Kier alpha value is -0.610. The summed E-state index contributed by atoms with van der Waals surface area (Å²) in [5.41, 5.74) is 0. The molecule has 1 saturated heterocycles. The number of hydrogen-bond donors (Lipinski definition) is 1. The molecule has 0 aromatic heterocycles. The molecule has 0 aromatic rings. The first-order valence-electron chi connectivity index (χ1n) is 5.72. The smallest absolute Gasteiger partial charge is 0.228 e. The number of hydrogen-bond acceptors (Lipinski definition) is 3. The van der Waals surface area contributed by atoms with Crippen molar-refractivity contribution in [3.63, 3.8) is 0 Å². The molecule has 2 atom stereocenters. The fraction of sp³-hybridized carbons (Fsp3) is 0.909. The van der Waals surface area contributed by atoms with Crippen LogP contribution >= 0.6 is 0 Å². The Kier molecular flexibility index (Phi) is 5.05. The van der Waals surface area contributed by atoms with E-state index in [0.717, 1.165) is 19.4 Å². The fourth-order valence-electron chi connectivity index (χ4n) is 2.03. The minimum Gasteiger partial charge on any atom is -0.395 e. The van der Waals surface area contributed by atoms with Crippen molar-refractivity contribution in [2.24, 2.45) is 5.92 Å². The Bertz CT molecular complexity index is 208. The molecule has 0 bridgehead atoms. The number of ether oxygens (including phenoxy) is 1. The number of carbonyl (C=O) groups excluding carboxylic acids is 1. The van der Waals surface area contributed by atoms with Crippen molar-refractivity contribution >= 4 is 5.91 Å². The maximum atomic E-state index is 12.1. The van der Waals surface area contributed by atoms with Crippen molar-refractivity contribution in [3.05, 3.63) is 0 Å². The fourth-order valence-corrected chi connectivity index (χ4v) is 2.03. The molecule has 1 N–H and O–H groups in total. The molecule has 0 unspecified atom stereocenters. The van der Waals surface area contributed by atoms with Crippen molar-refractivity contribution in [2.75, 3.05) is 26.3 Å². The number of aliphatic hydroxyl groups is 1. The van der Waals surface area contributed by atoms with Crippen LogP contribution in [-0.4, -0.2) is 48.3 Å². The van der Waals surface area contributed by atoms with Gasteiger partial charge in [-0.3, -0.25) is 4.79 Å². The van der Waals surface area contributed by atoms with Gasteiger partial charge in [-0.25, -0.2) is 0 Å². The SMILES string of the molecule is CCN(CCO)C(=O)[C@@H]1CCCO[C@@H]1C. The highest BCUT2D eigenvalue weighted by Crippen LogP contribution is 2.22. The molecular weight excluding hydrogens is 194 g/mol. The van der Waals surface area contributed by atoms with E-state index < -0.39 is 0 Å². The highest BCUT2D eigenvalue weighted by atomic mass is 16.5. The maximum Gasteiger partial charge on any atom is 0.228 e. The van der Waals surface area contributed by atoms with Gasteiger partial charge >= 0.3 is 0 Å². The molecule has 1 heterocycles. The molecule has 1 aliphatic heterocycles. The third-order valence-electron chi connectivity index (χ3n) is 2.99. The van der Waals surface area contributed by atoms with E-state index in [-0.39, 0.29) is 24.5 Å². The van der Waals surface area contributed by atoms with Gasteiger partial charge in [0.15, 0.2) is 0 Å². The predicted molar refractivity (Wildman–Crippen MR) is 57.5 cm³/mol. The van der Waals surface area contributed by atoms with E-state index in [1.807, 2.05) is 13.8 Å². The number of rotatable bonds is 4. The lowest BCUT2D eigenvalue weighted by Gasteiger charge is -2.32. The van der Waals surface area contributed by atoms with E-state index in [0.29, 0.717) is 13.1 Å². The third kappa shape index (κ3) is 3.18. The number of amides is 1. The Morgan fingerprint density at radius 2 is 2.33 bits per heavy atom. The van der Waals surface area contributed by atoms with Crippen molar-refractivity contribution in [3.8, 4) is 0 Å². The van der Waals surface area contributed by atoms with E-state index in [1.54, 1.807) is 4.90 Å². The van der Waals surface area contributed by atoms with Gasteiger partial charge in [-0.15, -0.1) is 0 Å². The third-order valence-corrected chi connectivity index (χ3v) is 2.99. The summed E-state index contributed by atoms with van der Waals surface area (Å²) in [6.45, 7) is 5.76. The number of nitrogens with zero attached hydrogens (tertiary/aromatic N) is 1. The van der Waals surface area contributed by atoms with E-state index in [9.17, 15) is 4.79 Å². The summed E-state index contributed by atoms with van der Waals surface area (Å²) in [7, 11) is 0. The van der Waals surface area contributed by atoms with Crippen LogP contribution in [0.1, 0.15) is 26.7 Å². The Morgan fingerprint density at radius 1 is 1.60 bits per heavy atom. The van der Waals surface area contributed by atoms with Crippen LogP contribution in [0.5, 0.6) is 0 Å². The Morgan fingerprint density at radius 3 is 2.87 bits per heavy atom. The van der Waals surface area contributed by atoms with Crippen LogP contribution in [0.25, 0.3) is 0 Å². The first-order valence-corrected chi connectivity index (χ1v) is 5.72. The van der Waals surface area contributed by atoms with Gasteiger partial charge in [0.1, 0.15) is 0 Å². The normalized spacial score (nSPS) is 26.3. The van der Waals surface area contributed by atoms with E-state index >= 15 is 0 Å². The van der Waals surface area contributed by atoms with Crippen molar-refractivity contribution in [1.29, 1.82) is 0 Å². The highest BCUT2D eigenvalue weighted by molar-refractivity contribution is 5.79. The van der Waals surface area contributed by atoms with Gasteiger partial charge < -0.3 is 14.7 Å². The van der Waals surface area contributed by atoms with Gasteiger partial charge in [0.25, 0.3) is 0 Å². The molecule has 4 heteroatoms. The molecular formula is C11H21NO3. The second-order valence-electron chi connectivity index (χ2n) is 3.97. The van der Waals surface area contributed by atoms with Crippen LogP contribution in [0.3, 0.4) is 0 Å². The van der Waals surface area contributed by atoms with Crippen LogP contribution in [0, 0.1) is 5.92 Å². The largest absolute Gasteiger partial charge is 0.395 e. The molecule has 0 aromatic carbocycles. The molecule has 0 spiro atoms. The molecule has 1 aliphatic rings. The lowest BCUT2D eigenvalue weighted by atomic mass is 9.94. The summed E-state index contributed by atoms with van der Waals surface area (Å²) < 4.78 is 5.47.